The molecule has 0 saturated carbocycles. The fourth-order valence-corrected chi connectivity index (χ4v) is 2.48. The van der Waals surface area contributed by atoms with E-state index in [1.807, 2.05) is 12.1 Å². The van der Waals surface area contributed by atoms with Crippen LogP contribution in [-0.2, 0) is 6.42 Å². The van der Waals surface area contributed by atoms with Crippen molar-refractivity contribution in [1.29, 1.82) is 0 Å². The Hall–Kier alpha value is -0.450. The van der Waals surface area contributed by atoms with Gasteiger partial charge in [0.1, 0.15) is 5.82 Å². The molecule has 1 aromatic carbocycles. The van der Waals surface area contributed by atoms with Crippen molar-refractivity contribution in [2.75, 3.05) is 39.8 Å². The molecule has 0 spiro atoms. The van der Waals surface area contributed by atoms with E-state index >= 15 is 0 Å². The molecule has 0 atom stereocenters. The monoisotopic (exact) mass is 300 g/mol. The summed E-state index contributed by atoms with van der Waals surface area (Å²) in [7, 11) is 2.16. The van der Waals surface area contributed by atoms with E-state index < -0.39 is 0 Å². The molecule has 94 valence electrons. The Labute approximate surface area is 111 Å². The summed E-state index contributed by atoms with van der Waals surface area (Å²) in [6.45, 7) is 5.63. The van der Waals surface area contributed by atoms with Gasteiger partial charge in [-0.15, -0.1) is 0 Å². The van der Waals surface area contributed by atoms with Gasteiger partial charge in [0.15, 0.2) is 0 Å². The molecule has 0 aromatic heterocycles. The molecule has 1 heterocycles. The van der Waals surface area contributed by atoms with Crippen LogP contribution in [0.3, 0.4) is 0 Å². The standard InChI is InChI=1S/C13H18BrFN2/c1-16-6-8-17(9-7-16)5-4-11-2-3-13(15)12(14)10-11/h2-3,10H,4-9H2,1H3. The predicted octanol–water partition coefficient (Wildman–Crippen LogP) is 2.38. The topological polar surface area (TPSA) is 6.48 Å². The van der Waals surface area contributed by atoms with Gasteiger partial charge in [0.05, 0.1) is 4.47 Å². The maximum absolute atomic E-state index is 13.1. The second kappa shape index (κ2) is 5.94. The molecule has 0 aliphatic carbocycles. The van der Waals surface area contributed by atoms with Gasteiger partial charge >= 0.3 is 0 Å². The van der Waals surface area contributed by atoms with Crippen molar-refractivity contribution in [2.45, 2.75) is 6.42 Å². The number of likely N-dealkylation sites (N-methyl/N-ethyl adjacent to an activating group) is 1. The number of hydrogen-bond acceptors (Lipinski definition) is 2. The zero-order chi connectivity index (χ0) is 12.3. The van der Waals surface area contributed by atoms with Crippen molar-refractivity contribution in [3.63, 3.8) is 0 Å². The highest BCUT2D eigenvalue weighted by atomic mass is 79.9. The van der Waals surface area contributed by atoms with Crippen LogP contribution in [-0.4, -0.2) is 49.6 Å². The molecule has 1 aliphatic heterocycles. The summed E-state index contributed by atoms with van der Waals surface area (Å²) in [5, 5.41) is 0. The molecule has 0 radical (unpaired) electrons. The molecule has 1 saturated heterocycles. The van der Waals surface area contributed by atoms with Gasteiger partial charge < -0.3 is 9.80 Å². The summed E-state index contributed by atoms with van der Waals surface area (Å²) in [5.74, 6) is -0.187. The first-order chi connectivity index (χ1) is 8.15. The van der Waals surface area contributed by atoms with E-state index in [2.05, 4.69) is 32.8 Å². The fraction of sp³-hybridized carbons (Fsp3) is 0.538. The summed E-state index contributed by atoms with van der Waals surface area (Å²) in [6, 6.07) is 5.28. The van der Waals surface area contributed by atoms with E-state index in [1.165, 1.54) is 11.6 Å². The van der Waals surface area contributed by atoms with Gasteiger partial charge in [-0.25, -0.2) is 4.39 Å². The van der Waals surface area contributed by atoms with Crippen LogP contribution in [0.15, 0.2) is 22.7 Å². The van der Waals surface area contributed by atoms with Crippen LogP contribution in [0, 0.1) is 5.82 Å². The summed E-state index contributed by atoms with van der Waals surface area (Å²) in [5.41, 5.74) is 1.19. The maximum Gasteiger partial charge on any atom is 0.137 e. The number of halogens is 2. The lowest BCUT2D eigenvalue weighted by molar-refractivity contribution is 0.155. The van der Waals surface area contributed by atoms with Crippen LogP contribution < -0.4 is 0 Å². The first-order valence-electron chi connectivity index (χ1n) is 6.00. The van der Waals surface area contributed by atoms with Crippen LogP contribution >= 0.6 is 15.9 Å². The Morgan fingerprint density at radius 3 is 2.59 bits per heavy atom. The molecule has 1 aliphatic rings. The Kier molecular flexibility index (Phi) is 4.54. The number of hydrogen-bond donors (Lipinski definition) is 0. The van der Waals surface area contributed by atoms with Crippen LogP contribution in [0.25, 0.3) is 0 Å². The number of rotatable bonds is 3. The Morgan fingerprint density at radius 2 is 1.94 bits per heavy atom. The Balaban J connectivity index is 1.83. The molecule has 1 fully saturated rings. The average molecular weight is 301 g/mol. The summed E-state index contributed by atoms with van der Waals surface area (Å²) < 4.78 is 13.6. The smallest absolute Gasteiger partial charge is 0.137 e. The third kappa shape index (κ3) is 3.76. The van der Waals surface area contributed by atoms with E-state index in [1.54, 1.807) is 0 Å². The number of benzene rings is 1. The van der Waals surface area contributed by atoms with Crippen LogP contribution in [0.1, 0.15) is 5.56 Å². The van der Waals surface area contributed by atoms with E-state index in [-0.39, 0.29) is 5.82 Å². The number of nitrogens with zero attached hydrogens (tertiary/aromatic N) is 2. The normalized spacial score (nSPS) is 18.5. The molecular weight excluding hydrogens is 283 g/mol. The lowest BCUT2D eigenvalue weighted by Gasteiger charge is -2.32. The van der Waals surface area contributed by atoms with E-state index in [0.29, 0.717) is 4.47 Å². The minimum absolute atomic E-state index is 0.187. The van der Waals surface area contributed by atoms with Gasteiger partial charge in [-0.3, -0.25) is 0 Å². The van der Waals surface area contributed by atoms with Gasteiger partial charge in [0.2, 0.25) is 0 Å². The SMILES string of the molecule is CN1CCN(CCc2ccc(F)c(Br)c2)CC1. The summed E-state index contributed by atoms with van der Waals surface area (Å²) >= 11 is 3.22. The van der Waals surface area contributed by atoms with Gasteiger partial charge in [-0.1, -0.05) is 6.07 Å². The van der Waals surface area contributed by atoms with Crippen molar-refractivity contribution in [1.82, 2.24) is 9.80 Å². The zero-order valence-corrected chi connectivity index (χ0v) is 11.7. The van der Waals surface area contributed by atoms with Crippen molar-refractivity contribution in [2.24, 2.45) is 0 Å². The molecule has 2 rings (SSSR count). The van der Waals surface area contributed by atoms with Crippen LogP contribution in [0.4, 0.5) is 4.39 Å². The molecular formula is C13H18BrFN2. The lowest BCUT2D eigenvalue weighted by Crippen LogP contribution is -2.45. The highest BCUT2D eigenvalue weighted by molar-refractivity contribution is 9.10. The molecule has 17 heavy (non-hydrogen) atoms. The van der Waals surface area contributed by atoms with Crippen molar-refractivity contribution in [3.05, 3.63) is 34.1 Å². The Bertz CT molecular complexity index is 376. The quantitative estimate of drug-likeness (QED) is 0.846. The molecule has 0 bridgehead atoms. The third-order valence-corrected chi connectivity index (χ3v) is 3.90. The van der Waals surface area contributed by atoms with Crippen LogP contribution in [0.2, 0.25) is 0 Å². The average Bonchev–Trinajstić information content (AvgIpc) is 2.33. The van der Waals surface area contributed by atoms with Crippen molar-refractivity contribution < 1.29 is 4.39 Å². The molecule has 0 unspecified atom stereocenters. The zero-order valence-electron chi connectivity index (χ0n) is 10.1. The van der Waals surface area contributed by atoms with Crippen molar-refractivity contribution >= 4 is 15.9 Å². The molecule has 0 N–H and O–H groups in total. The largest absolute Gasteiger partial charge is 0.304 e. The first kappa shape index (κ1) is 13.0. The van der Waals surface area contributed by atoms with Gasteiger partial charge in [-0.05, 0) is 47.1 Å². The highest BCUT2D eigenvalue weighted by Gasteiger charge is 2.13. The van der Waals surface area contributed by atoms with E-state index in [9.17, 15) is 4.39 Å². The van der Waals surface area contributed by atoms with E-state index in [4.69, 9.17) is 0 Å². The second-order valence-corrected chi connectivity index (χ2v) is 5.50. The van der Waals surface area contributed by atoms with Gasteiger partial charge in [-0.2, -0.15) is 0 Å². The maximum atomic E-state index is 13.1. The minimum Gasteiger partial charge on any atom is -0.304 e. The first-order valence-corrected chi connectivity index (χ1v) is 6.79. The third-order valence-electron chi connectivity index (χ3n) is 3.30. The summed E-state index contributed by atoms with van der Waals surface area (Å²) in [6.07, 6.45) is 0.989. The summed E-state index contributed by atoms with van der Waals surface area (Å²) in [4.78, 5) is 4.82. The molecule has 0 amide bonds. The van der Waals surface area contributed by atoms with Crippen molar-refractivity contribution in [3.8, 4) is 0 Å². The number of piperazine rings is 1. The van der Waals surface area contributed by atoms with Gasteiger partial charge in [0.25, 0.3) is 0 Å². The molecule has 4 heteroatoms. The highest BCUT2D eigenvalue weighted by Crippen LogP contribution is 2.17. The fourth-order valence-electron chi connectivity index (χ4n) is 2.05. The van der Waals surface area contributed by atoms with E-state index in [0.717, 1.165) is 39.1 Å². The minimum atomic E-state index is -0.187. The predicted molar refractivity (Wildman–Crippen MR) is 71.7 cm³/mol. The molecule has 2 nitrogen and oxygen atoms in total. The lowest BCUT2D eigenvalue weighted by atomic mass is 10.1. The second-order valence-electron chi connectivity index (χ2n) is 4.64. The molecule has 1 aromatic rings. The van der Waals surface area contributed by atoms with Crippen LogP contribution in [0.5, 0.6) is 0 Å². The Morgan fingerprint density at radius 1 is 1.24 bits per heavy atom. The van der Waals surface area contributed by atoms with Gasteiger partial charge in [0, 0.05) is 32.7 Å².